The monoisotopic (exact) mass is 472 g/mol. The number of amides is 3. The van der Waals surface area contributed by atoms with Crippen molar-refractivity contribution in [3.05, 3.63) is 89.1 Å². The quantitative estimate of drug-likeness (QED) is 0.591. The number of likely N-dealkylation sites (N-methyl/N-ethyl adjacent to an activating group) is 1. The summed E-state index contributed by atoms with van der Waals surface area (Å²) in [6.45, 7) is 2.11. The Bertz CT molecular complexity index is 1230. The fourth-order valence-corrected chi connectivity index (χ4v) is 4.23. The summed E-state index contributed by atoms with van der Waals surface area (Å²) in [6, 6.07) is 16.0. The van der Waals surface area contributed by atoms with E-state index in [9.17, 15) is 14.4 Å². The fourth-order valence-electron chi connectivity index (χ4n) is 4.23. The van der Waals surface area contributed by atoms with E-state index in [2.05, 4.69) is 23.6 Å². The summed E-state index contributed by atoms with van der Waals surface area (Å²) in [4.78, 5) is 43.3. The van der Waals surface area contributed by atoms with Gasteiger partial charge in [-0.15, -0.1) is 0 Å². The predicted octanol–water partition coefficient (Wildman–Crippen LogP) is 3.96. The standard InChI is InChI=1S/C27H28N4O4/c1-17-11-13-22-21(15-17)24(19-8-4-3-5-9-19)29-25(26(34)31(22)2)30-27(35)28-20-10-6-7-18(16-20)12-14-23(32)33/h3-11,13,16-17,25H,12,14-15H2,1-2H3,(H,32,33)(H2,28,30,35)/t17?,25-/m0/s1. The Balaban J connectivity index is 1.59. The maximum Gasteiger partial charge on any atom is 0.321 e. The number of urea groups is 1. The number of carbonyl (C=O) groups excluding carboxylic acids is 2. The molecule has 3 amide bonds. The van der Waals surface area contributed by atoms with Gasteiger partial charge < -0.3 is 20.6 Å². The van der Waals surface area contributed by atoms with Gasteiger partial charge in [0.2, 0.25) is 6.17 Å². The van der Waals surface area contributed by atoms with Crippen molar-refractivity contribution in [3.63, 3.8) is 0 Å². The molecule has 1 aliphatic heterocycles. The second-order valence-electron chi connectivity index (χ2n) is 8.74. The van der Waals surface area contributed by atoms with Crippen molar-refractivity contribution >= 4 is 29.3 Å². The van der Waals surface area contributed by atoms with Gasteiger partial charge in [0.25, 0.3) is 5.91 Å². The van der Waals surface area contributed by atoms with E-state index < -0.39 is 18.2 Å². The van der Waals surface area contributed by atoms with Gasteiger partial charge in [-0.3, -0.25) is 9.59 Å². The molecule has 35 heavy (non-hydrogen) atoms. The number of nitrogens with zero attached hydrogens (tertiary/aromatic N) is 2. The van der Waals surface area contributed by atoms with Crippen LogP contribution in [0.2, 0.25) is 0 Å². The van der Waals surface area contributed by atoms with Crippen molar-refractivity contribution in [2.24, 2.45) is 10.9 Å². The molecule has 2 aliphatic rings. The average Bonchev–Trinajstić information content (AvgIpc) is 2.94. The Morgan fingerprint density at radius 2 is 1.91 bits per heavy atom. The van der Waals surface area contributed by atoms with E-state index in [1.807, 2.05) is 36.4 Å². The summed E-state index contributed by atoms with van der Waals surface area (Å²) < 4.78 is 0. The minimum Gasteiger partial charge on any atom is -0.481 e. The van der Waals surface area contributed by atoms with Gasteiger partial charge in [-0.1, -0.05) is 55.5 Å². The molecule has 1 unspecified atom stereocenters. The molecule has 0 radical (unpaired) electrons. The van der Waals surface area contributed by atoms with Crippen LogP contribution < -0.4 is 10.6 Å². The second kappa shape index (κ2) is 10.4. The summed E-state index contributed by atoms with van der Waals surface area (Å²) in [5.41, 5.74) is 4.61. The number of anilines is 1. The predicted molar refractivity (Wildman–Crippen MR) is 134 cm³/mol. The van der Waals surface area contributed by atoms with Crippen LogP contribution in [0.25, 0.3) is 0 Å². The number of hydrogen-bond donors (Lipinski definition) is 3. The molecule has 0 bridgehead atoms. The van der Waals surface area contributed by atoms with Crippen LogP contribution in [0.1, 0.15) is 30.9 Å². The van der Waals surface area contributed by atoms with E-state index in [0.29, 0.717) is 23.7 Å². The first-order chi connectivity index (χ1) is 16.8. The van der Waals surface area contributed by atoms with Crippen molar-refractivity contribution < 1.29 is 19.5 Å². The van der Waals surface area contributed by atoms with Gasteiger partial charge in [-0.05, 0) is 42.5 Å². The summed E-state index contributed by atoms with van der Waals surface area (Å²) in [6.07, 6.45) is 4.00. The number of aliphatic imine (C=N–C) groups is 1. The highest BCUT2D eigenvalue weighted by Gasteiger charge is 2.33. The molecule has 0 aromatic heterocycles. The topological polar surface area (TPSA) is 111 Å². The lowest BCUT2D eigenvalue weighted by molar-refractivity contribution is -0.137. The second-order valence-corrected chi connectivity index (χ2v) is 8.74. The summed E-state index contributed by atoms with van der Waals surface area (Å²) in [5, 5.41) is 14.3. The normalized spacial score (nSPS) is 19.5. The van der Waals surface area contributed by atoms with Crippen molar-refractivity contribution in [1.29, 1.82) is 0 Å². The Hall–Kier alpha value is -4.20. The number of carbonyl (C=O) groups is 3. The summed E-state index contributed by atoms with van der Waals surface area (Å²) in [7, 11) is 1.69. The average molecular weight is 473 g/mol. The number of carboxylic acid groups (broad SMARTS) is 1. The maximum absolute atomic E-state index is 13.3. The SMILES string of the molecule is CC1C=CC2=C(C1)C(c1ccccc1)=N[C@@H](NC(=O)Nc1cccc(CCC(=O)O)c1)C(=O)N2C. The number of hydrogen-bond acceptors (Lipinski definition) is 4. The molecule has 2 aromatic rings. The van der Waals surface area contributed by atoms with Crippen LogP contribution in [-0.2, 0) is 16.0 Å². The molecule has 0 spiro atoms. The minimum absolute atomic E-state index is 0.000266. The molecule has 3 N–H and O–H groups in total. The summed E-state index contributed by atoms with van der Waals surface area (Å²) >= 11 is 0. The van der Waals surface area contributed by atoms with Gasteiger partial charge in [-0.2, -0.15) is 0 Å². The van der Waals surface area contributed by atoms with Gasteiger partial charge in [0.15, 0.2) is 0 Å². The largest absolute Gasteiger partial charge is 0.481 e. The molecule has 1 heterocycles. The molecule has 180 valence electrons. The van der Waals surface area contributed by atoms with Crippen LogP contribution in [0, 0.1) is 5.92 Å². The lowest BCUT2D eigenvalue weighted by atomic mass is 9.88. The zero-order valence-electron chi connectivity index (χ0n) is 19.7. The number of aliphatic carboxylic acids is 1. The Kier molecular flexibility index (Phi) is 7.10. The molecule has 0 saturated heterocycles. The molecule has 1 aliphatic carbocycles. The zero-order chi connectivity index (χ0) is 24.9. The summed E-state index contributed by atoms with van der Waals surface area (Å²) in [5.74, 6) is -0.926. The van der Waals surface area contributed by atoms with E-state index in [-0.39, 0.29) is 12.3 Å². The molecule has 8 heteroatoms. The third-order valence-corrected chi connectivity index (χ3v) is 6.02. The van der Waals surface area contributed by atoms with Crippen molar-refractivity contribution in [2.75, 3.05) is 12.4 Å². The third-order valence-electron chi connectivity index (χ3n) is 6.02. The molecule has 0 fully saturated rings. The molecule has 8 nitrogen and oxygen atoms in total. The van der Waals surface area contributed by atoms with E-state index in [1.54, 1.807) is 36.2 Å². The fraction of sp³-hybridized carbons (Fsp3) is 0.259. The first-order valence-electron chi connectivity index (χ1n) is 11.5. The van der Waals surface area contributed by atoms with Crippen LogP contribution in [-0.4, -0.2) is 46.8 Å². The highest BCUT2D eigenvalue weighted by Crippen LogP contribution is 2.31. The van der Waals surface area contributed by atoms with Gasteiger partial charge in [-0.25, -0.2) is 9.79 Å². The number of rotatable bonds is 6. The van der Waals surface area contributed by atoms with Crippen LogP contribution in [0.4, 0.5) is 10.5 Å². The van der Waals surface area contributed by atoms with E-state index in [4.69, 9.17) is 10.1 Å². The van der Waals surface area contributed by atoms with Crippen molar-refractivity contribution in [2.45, 2.75) is 32.4 Å². The van der Waals surface area contributed by atoms with E-state index >= 15 is 0 Å². The Morgan fingerprint density at radius 3 is 2.66 bits per heavy atom. The lowest BCUT2D eigenvalue weighted by Crippen LogP contribution is -2.46. The minimum atomic E-state index is -1.11. The van der Waals surface area contributed by atoms with Gasteiger partial charge in [0, 0.05) is 36.0 Å². The van der Waals surface area contributed by atoms with Crippen LogP contribution in [0.5, 0.6) is 0 Å². The lowest BCUT2D eigenvalue weighted by Gasteiger charge is -2.25. The zero-order valence-corrected chi connectivity index (χ0v) is 19.7. The number of benzene rings is 2. The molecular weight excluding hydrogens is 444 g/mol. The number of aryl methyl sites for hydroxylation is 1. The number of allylic oxidation sites excluding steroid dienone is 3. The van der Waals surface area contributed by atoms with Crippen LogP contribution >= 0.6 is 0 Å². The third kappa shape index (κ3) is 5.66. The Labute approximate surface area is 204 Å². The number of nitrogens with one attached hydrogen (secondary N) is 2. The van der Waals surface area contributed by atoms with Gasteiger partial charge >= 0.3 is 12.0 Å². The first kappa shape index (κ1) is 23.9. The Morgan fingerprint density at radius 1 is 1.14 bits per heavy atom. The van der Waals surface area contributed by atoms with Crippen LogP contribution in [0.3, 0.4) is 0 Å². The van der Waals surface area contributed by atoms with Crippen molar-refractivity contribution in [3.8, 4) is 0 Å². The molecule has 4 rings (SSSR count). The molecular formula is C27H28N4O4. The van der Waals surface area contributed by atoms with Gasteiger partial charge in [0.1, 0.15) is 0 Å². The highest BCUT2D eigenvalue weighted by atomic mass is 16.4. The number of carboxylic acids is 1. The molecule has 0 saturated carbocycles. The molecule has 2 atom stereocenters. The maximum atomic E-state index is 13.3. The van der Waals surface area contributed by atoms with E-state index in [1.165, 1.54) is 0 Å². The van der Waals surface area contributed by atoms with Crippen LogP contribution in [0.15, 0.2) is 83.0 Å². The molecule has 2 aromatic carbocycles. The van der Waals surface area contributed by atoms with Crippen molar-refractivity contribution in [1.82, 2.24) is 10.2 Å². The van der Waals surface area contributed by atoms with Gasteiger partial charge in [0.05, 0.1) is 5.71 Å². The highest BCUT2D eigenvalue weighted by molar-refractivity contribution is 6.15. The smallest absolute Gasteiger partial charge is 0.321 e. The van der Waals surface area contributed by atoms with E-state index in [0.717, 1.165) is 28.8 Å². The first-order valence-corrected chi connectivity index (χ1v) is 11.5.